The minimum atomic E-state index is 0.363. The van der Waals surface area contributed by atoms with E-state index in [1.54, 1.807) is 0 Å². The van der Waals surface area contributed by atoms with E-state index in [2.05, 4.69) is 89.3 Å². The Labute approximate surface area is 255 Å². The molecule has 2 bridgehead atoms. The topological polar surface area (TPSA) is 68.5 Å². The third-order valence-corrected chi connectivity index (χ3v) is 10.2. The second kappa shape index (κ2) is 11.4. The first-order valence-electron chi connectivity index (χ1n) is 16.0. The van der Waals surface area contributed by atoms with Crippen molar-refractivity contribution in [2.45, 2.75) is 71.0 Å². The molecule has 0 aromatic carbocycles. The van der Waals surface area contributed by atoms with Crippen LogP contribution in [0, 0.1) is 16.7 Å². The minimum Gasteiger partial charge on any atom is -0.380 e. The highest BCUT2D eigenvalue weighted by molar-refractivity contribution is 5.84. The van der Waals surface area contributed by atoms with Gasteiger partial charge >= 0.3 is 0 Å². The Hall–Kier alpha value is -3.73. The van der Waals surface area contributed by atoms with Crippen LogP contribution >= 0.6 is 0 Å². The molecule has 222 valence electrons. The maximum absolute atomic E-state index is 10.0. The molecule has 43 heavy (non-hydrogen) atoms. The van der Waals surface area contributed by atoms with Crippen molar-refractivity contribution < 1.29 is 4.74 Å². The summed E-state index contributed by atoms with van der Waals surface area (Å²) in [5, 5.41) is 10.0. The molecule has 6 aliphatic rings. The maximum atomic E-state index is 10.0. The molecule has 2 aromatic heterocycles. The molecular formula is C36H42N6O. The molecule has 0 saturated carbocycles. The van der Waals surface area contributed by atoms with Gasteiger partial charge < -0.3 is 14.5 Å². The van der Waals surface area contributed by atoms with Gasteiger partial charge in [-0.25, -0.2) is 4.98 Å². The van der Waals surface area contributed by atoms with Gasteiger partial charge in [0.25, 0.3) is 0 Å². The van der Waals surface area contributed by atoms with Crippen molar-refractivity contribution >= 4 is 11.4 Å². The Morgan fingerprint density at radius 1 is 1.09 bits per heavy atom. The van der Waals surface area contributed by atoms with Crippen molar-refractivity contribution in [1.29, 1.82) is 5.26 Å². The second-order valence-electron chi connectivity index (χ2n) is 13.0. The third-order valence-electron chi connectivity index (χ3n) is 10.2. The lowest BCUT2D eigenvalue weighted by atomic mass is 9.72. The van der Waals surface area contributed by atoms with Crippen molar-refractivity contribution in [2.75, 3.05) is 38.3 Å². The molecule has 5 aliphatic heterocycles. The van der Waals surface area contributed by atoms with E-state index in [0.29, 0.717) is 23.9 Å². The van der Waals surface area contributed by atoms with Crippen molar-refractivity contribution in [3.8, 4) is 6.07 Å². The smallest absolute Gasteiger partial charge is 0.128 e. The van der Waals surface area contributed by atoms with Crippen LogP contribution in [0.25, 0.3) is 5.57 Å². The predicted octanol–water partition coefficient (Wildman–Crippen LogP) is 6.03. The van der Waals surface area contributed by atoms with E-state index < -0.39 is 0 Å². The lowest BCUT2D eigenvalue weighted by Gasteiger charge is -2.56. The normalized spacial score (nSPS) is 25.7. The van der Waals surface area contributed by atoms with Crippen LogP contribution in [0.1, 0.15) is 62.8 Å². The highest BCUT2D eigenvalue weighted by Crippen LogP contribution is 2.45. The third kappa shape index (κ3) is 5.21. The Kier molecular flexibility index (Phi) is 7.44. The number of hydrogen-bond donors (Lipinski definition) is 0. The Bertz CT molecular complexity index is 1530. The fourth-order valence-electron chi connectivity index (χ4n) is 7.49. The Morgan fingerprint density at radius 3 is 2.51 bits per heavy atom. The summed E-state index contributed by atoms with van der Waals surface area (Å²) in [5.74, 6) is 1.04. The van der Waals surface area contributed by atoms with E-state index in [4.69, 9.17) is 9.72 Å². The fourth-order valence-corrected chi connectivity index (χ4v) is 7.49. The standard InChI is InChI=1S/C36H42N6O/c1-4-26(16-37)35-33(14-29(20-40(35)3)27-10-12-36(13-11-27)23-43-24-36)28-7-9-34(39-18-28)41-21-31-15-32(22-41)42(31)19-25-6-8-30(5-2)38-17-25/h6-10,14,17-18,20,31-32H,4-5,11-13,15,19,21-24H2,1-3H3/b35-26+. The van der Waals surface area contributed by atoms with Crippen LogP contribution in [0.4, 0.5) is 5.82 Å². The number of likely N-dealkylation sites (N-methyl/N-ethyl adjacent to an activating group) is 1. The summed E-state index contributed by atoms with van der Waals surface area (Å²) in [6.07, 6.45) is 17.2. The molecule has 8 rings (SSSR count). The molecule has 2 atom stereocenters. The number of rotatable bonds is 7. The molecule has 1 aliphatic carbocycles. The molecule has 7 nitrogen and oxygen atoms in total. The number of fused-ring (bicyclic) bond motifs is 2. The van der Waals surface area contributed by atoms with Gasteiger partial charge in [0.05, 0.1) is 30.6 Å². The number of piperazine rings is 1. The van der Waals surface area contributed by atoms with E-state index in [-0.39, 0.29) is 0 Å². The number of piperidine rings is 1. The molecular weight excluding hydrogens is 532 g/mol. The van der Waals surface area contributed by atoms with E-state index in [9.17, 15) is 5.26 Å². The minimum absolute atomic E-state index is 0.363. The second-order valence-corrected chi connectivity index (χ2v) is 13.0. The van der Waals surface area contributed by atoms with Crippen LogP contribution in [0.2, 0.25) is 0 Å². The summed E-state index contributed by atoms with van der Waals surface area (Å²) < 4.78 is 5.54. The summed E-state index contributed by atoms with van der Waals surface area (Å²) in [5.41, 5.74) is 9.38. The largest absolute Gasteiger partial charge is 0.380 e. The average molecular weight is 575 g/mol. The molecule has 7 heterocycles. The van der Waals surface area contributed by atoms with Gasteiger partial charge in [-0.1, -0.05) is 26.0 Å². The fraction of sp³-hybridized carbons (Fsp3) is 0.472. The zero-order valence-electron chi connectivity index (χ0n) is 25.7. The van der Waals surface area contributed by atoms with Gasteiger partial charge in [-0.05, 0) is 79.5 Å². The van der Waals surface area contributed by atoms with Crippen LogP contribution in [-0.2, 0) is 17.7 Å². The maximum Gasteiger partial charge on any atom is 0.128 e. The highest BCUT2D eigenvalue weighted by atomic mass is 16.5. The van der Waals surface area contributed by atoms with E-state index in [1.807, 2.05) is 12.4 Å². The summed E-state index contributed by atoms with van der Waals surface area (Å²) in [4.78, 5) is 16.8. The molecule has 4 saturated heterocycles. The van der Waals surface area contributed by atoms with Gasteiger partial charge in [0.2, 0.25) is 0 Å². The van der Waals surface area contributed by atoms with Crippen LogP contribution in [-0.4, -0.2) is 65.2 Å². The number of hydrogen-bond acceptors (Lipinski definition) is 7. The lowest BCUT2D eigenvalue weighted by molar-refractivity contribution is -0.117. The SMILES string of the molecule is CC/C(C#N)=C1/C(c2ccc(N3CC4CC(C3)N4Cc3ccc(CC)nc3)nc2)=CC(C2=CCC3(CC2)COC3)=CN1C. The number of nitriles is 1. The van der Waals surface area contributed by atoms with Crippen molar-refractivity contribution in [2.24, 2.45) is 5.41 Å². The summed E-state index contributed by atoms with van der Waals surface area (Å²) in [7, 11) is 2.07. The molecule has 0 radical (unpaired) electrons. The van der Waals surface area contributed by atoms with E-state index in [1.165, 1.54) is 29.6 Å². The van der Waals surface area contributed by atoms with Gasteiger partial charge in [0, 0.05) is 79.6 Å². The van der Waals surface area contributed by atoms with Gasteiger partial charge in [-0.3, -0.25) is 9.88 Å². The monoisotopic (exact) mass is 574 g/mol. The lowest BCUT2D eigenvalue weighted by Crippen LogP contribution is -2.68. The summed E-state index contributed by atoms with van der Waals surface area (Å²) in [6.45, 7) is 8.97. The predicted molar refractivity (Wildman–Crippen MR) is 170 cm³/mol. The van der Waals surface area contributed by atoms with Gasteiger partial charge in [-0.2, -0.15) is 5.26 Å². The molecule has 1 spiro atoms. The van der Waals surface area contributed by atoms with Gasteiger partial charge in [0.1, 0.15) is 5.82 Å². The highest BCUT2D eigenvalue weighted by Gasteiger charge is 2.45. The first-order valence-corrected chi connectivity index (χ1v) is 16.0. The van der Waals surface area contributed by atoms with Crippen LogP contribution in [0.5, 0.6) is 0 Å². The Balaban J connectivity index is 1.09. The summed E-state index contributed by atoms with van der Waals surface area (Å²) >= 11 is 0. The number of nitrogens with zero attached hydrogens (tertiary/aromatic N) is 6. The van der Waals surface area contributed by atoms with Crippen molar-refractivity contribution in [1.82, 2.24) is 19.8 Å². The number of ether oxygens (including phenoxy) is 1. The molecule has 7 heteroatoms. The van der Waals surface area contributed by atoms with Crippen molar-refractivity contribution in [3.05, 3.63) is 94.2 Å². The van der Waals surface area contributed by atoms with Gasteiger partial charge in [0.15, 0.2) is 0 Å². The van der Waals surface area contributed by atoms with E-state index in [0.717, 1.165) is 86.0 Å². The zero-order valence-corrected chi connectivity index (χ0v) is 25.7. The number of pyridine rings is 2. The van der Waals surface area contributed by atoms with Gasteiger partial charge in [-0.15, -0.1) is 0 Å². The van der Waals surface area contributed by atoms with Crippen LogP contribution in [0.3, 0.4) is 0 Å². The number of aryl methyl sites for hydroxylation is 1. The molecule has 0 N–H and O–H groups in total. The molecule has 0 amide bonds. The van der Waals surface area contributed by atoms with Crippen LogP contribution < -0.4 is 4.90 Å². The molecule has 4 fully saturated rings. The number of aromatic nitrogens is 2. The van der Waals surface area contributed by atoms with E-state index >= 15 is 0 Å². The zero-order chi connectivity index (χ0) is 29.6. The first kappa shape index (κ1) is 28.1. The molecule has 2 aromatic rings. The molecule has 2 unspecified atom stereocenters. The number of allylic oxidation sites excluding steroid dienone is 6. The first-order chi connectivity index (χ1) is 21.0. The van der Waals surface area contributed by atoms with Crippen molar-refractivity contribution in [3.63, 3.8) is 0 Å². The Morgan fingerprint density at radius 2 is 1.93 bits per heavy atom. The summed E-state index contributed by atoms with van der Waals surface area (Å²) in [6, 6.07) is 12.4. The average Bonchev–Trinajstić information content (AvgIpc) is 3.04. The number of anilines is 1. The van der Waals surface area contributed by atoms with Crippen LogP contribution in [0.15, 0.2) is 77.4 Å². The quantitative estimate of drug-likeness (QED) is 0.374.